The van der Waals surface area contributed by atoms with Crippen LogP contribution in [-0.4, -0.2) is 11.5 Å². The smallest absolute Gasteiger partial charge is 0.291 e. The van der Waals surface area contributed by atoms with Crippen molar-refractivity contribution in [3.05, 3.63) is 46.8 Å². The molecule has 0 fully saturated rings. The molecule has 0 aliphatic rings. The maximum absolute atomic E-state index is 10.4. The van der Waals surface area contributed by atoms with Crippen LogP contribution in [0.15, 0.2) is 36.7 Å². The molecule has 0 bridgehead atoms. The predicted molar refractivity (Wildman–Crippen MR) is 48.1 cm³/mol. The van der Waals surface area contributed by atoms with E-state index >= 15 is 0 Å². The lowest BCUT2D eigenvalue weighted by atomic mass is 10.3. The Hall–Kier alpha value is -1.58. The number of hydrogen-bond acceptors (Lipinski definition) is 3. The molecule has 0 saturated carbocycles. The van der Waals surface area contributed by atoms with Crippen molar-refractivity contribution in [2.45, 2.75) is 6.92 Å². The van der Waals surface area contributed by atoms with Crippen LogP contribution in [0, 0.1) is 10.1 Å². The summed E-state index contributed by atoms with van der Waals surface area (Å²) in [5, 5.41) is 13.2. The van der Waals surface area contributed by atoms with Gasteiger partial charge >= 0.3 is 0 Å². The summed E-state index contributed by atoms with van der Waals surface area (Å²) >= 11 is 0. The molecule has 12 heavy (non-hydrogen) atoms. The molecule has 0 unspecified atom stereocenters. The van der Waals surface area contributed by atoms with Gasteiger partial charge in [-0.05, 0) is 6.92 Å². The lowest BCUT2D eigenvalue weighted by Gasteiger charge is -2.02. The van der Waals surface area contributed by atoms with Crippen molar-refractivity contribution in [1.82, 2.24) is 5.32 Å². The zero-order chi connectivity index (χ0) is 9.56. The molecule has 0 atom stereocenters. The summed E-state index contributed by atoms with van der Waals surface area (Å²) in [4.78, 5) is 9.90. The number of nitro groups is 1. The van der Waals surface area contributed by atoms with E-state index in [9.17, 15) is 10.1 Å². The Morgan fingerprint density at radius 3 is 2.67 bits per heavy atom. The molecule has 0 saturated heterocycles. The second-order valence-electron chi connectivity index (χ2n) is 2.05. The van der Waals surface area contributed by atoms with Crippen molar-refractivity contribution in [2.24, 2.45) is 0 Å². The quantitative estimate of drug-likeness (QED) is 0.384. The minimum absolute atomic E-state index is 0.0492. The van der Waals surface area contributed by atoms with Gasteiger partial charge in [-0.2, -0.15) is 0 Å². The summed E-state index contributed by atoms with van der Waals surface area (Å²) in [6.07, 6.45) is 2.67. The van der Waals surface area contributed by atoms with Crippen molar-refractivity contribution in [3.8, 4) is 0 Å². The third-order valence-electron chi connectivity index (χ3n) is 1.17. The summed E-state index contributed by atoms with van der Waals surface area (Å²) < 4.78 is 0. The molecule has 0 aromatic heterocycles. The van der Waals surface area contributed by atoms with Crippen molar-refractivity contribution in [3.63, 3.8) is 0 Å². The van der Waals surface area contributed by atoms with E-state index in [1.807, 2.05) is 6.92 Å². The van der Waals surface area contributed by atoms with Gasteiger partial charge in [0.05, 0.1) is 4.92 Å². The molecule has 66 valence electrons. The van der Waals surface area contributed by atoms with Gasteiger partial charge in [-0.1, -0.05) is 19.2 Å². The van der Waals surface area contributed by atoms with Gasteiger partial charge in [0.15, 0.2) is 0 Å². The fourth-order valence-corrected chi connectivity index (χ4v) is 0.687. The Labute approximate surface area is 71.4 Å². The first-order chi connectivity index (χ1) is 5.63. The average molecular weight is 168 g/mol. The Morgan fingerprint density at radius 1 is 1.75 bits per heavy atom. The monoisotopic (exact) mass is 168 g/mol. The highest BCUT2D eigenvalue weighted by molar-refractivity contribution is 5.23. The summed E-state index contributed by atoms with van der Waals surface area (Å²) in [5.41, 5.74) is 0.259. The van der Waals surface area contributed by atoms with Gasteiger partial charge < -0.3 is 5.32 Å². The van der Waals surface area contributed by atoms with E-state index < -0.39 is 4.92 Å². The van der Waals surface area contributed by atoms with Gasteiger partial charge in [0, 0.05) is 12.6 Å². The third kappa shape index (κ3) is 3.01. The number of nitrogens with zero attached hydrogens (tertiary/aromatic N) is 1. The standard InChI is InChI=1S/C8H12N2O2/c1-4-6-8(10(11)12)7(3)9-5-2/h4,6,9H,1,3,5H2,2H3/b8-6+. The van der Waals surface area contributed by atoms with E-state index in [1.165, 1.54) is 12.2 Å². The van der Waals surface area contributed by atoms with Crippen molar-refractivity contribution in [2.75, 3.05) is 6.54 Å². The van der Waals surface area contributed by atoms with E-state index in [0.717, 1.165) is 0 Å². The topological polar surface area (TPSA) is 55.2 Å². The molecule has 1 N–H and O–H groups in total. The third-order valence-corrected chi connectivity index (χ3v) is 1.17. The van der Waals surface area contributed by atoms with Crippen LogP contribution in [0.3, 0.4) is 0 Å². The van der Waals surface area contributed by atoms with E-state index in [0.29, 0.717) is 12.2 Å². The molecular formula is C8H12N2O2. The largest absolute Gasteiger partial charge is 0.380 e. The highest BCUT2D eigenvalue weighted by Gasteiger charge is 2.12. The zero-order valence-electron chi connectivity index (χ0n) is 7.04. The predicted octanol–water partition coefficient (Wildman–Crippen LogP) is 1.46. The molecular weight excluding hydrogens is 156 g/mol. The highest BCUT2D eigenvalue weighted by Crippen LogP contribution is 2.04. The molecule has 0 aliphatic carbocycles. The molecule has 4 heteroatoms. The molecule has 0 aliphatic heterocycles. The Balaban J connectivity index is 4.52. The molecule has 0 rings (SSSR count). The minimum atomic E-state index is -0.493. The number of likely N-dealkylation sites (N-methyl/N-ethyl adjacent to an activating group) is 1. The van der Waals surface area contributed by atoms with Gasteiger partial charge in [-0.15, -0.1) is 0 Å². The lowest BCUT2D eigenvalue weighted by molar-refractivity contribution is -0.421. The molecule has 0 spiro atoms. The molecule has 0 aromatic rings. The Morgan fingerprint density at radius 2 is 2.33 bits per heavy atom. The Bertz CT molecular complexity index is 231. The van der Waals surface area contributed by atoms with Gasteiger partial charge in [-0.25, -0.2) is 0 Å². The first kappa shape index (κ1) is 10.4. The number of rotatable bonds is 5. The van der Waals surface area contributed by atoms with E-state index in [2.05, 4.69) is 18.5 Å². The first-order valence-corrected chi connectivity index (χ1v) is 3.53. The van der Waals surface area contributed by atoms with Gasteiger partial charge in [0.25, 0.3) is 5.70 Å². The van der Waals surface area contributed by atoms with Crippen LogP contribution in [0.25, 0.3) is 0 Å². The van der Waals surface area contributed by atoms with Gasteiger partial charge in [0.1, 0.15) is 5.70 Å². The van der Waals surface area contributed by atoms with Crippen LogP contribution in [0.5, 0.6) is 0 Å². The van der Waals surface area contributed by atoms with Crippen LogP contribution in [-0.2, 0) is 0 Å². The maximum Gasteiger partial charge on any atom is 0.291 e. The highest BCUT2D eigenvalue weighted by atomic mass is 16.6. The SMILES string of the molecule is C=C/C=C(\C(=C)NCC)[N+](=O)[O-]. The fourth-order valence-electron chi connectivity index (χ4n) is 0.687. The van der Waals surface area contributed by atoms with E-state index in [1.54, 1.807) is 0 Å². The lowest BCUT2D eigenvalue weighted by Crippen LogP contribution is -2.16. The van der Waals surface area contributed by atoms with Crippen molar-refractivity contribution < 1.29 is 4.92 Å². The summed E-state index contributed by atoms with van der Waals surface area (Å²) in [5.74, 6) is 0. The van der Waals surface area contributed by atoms with E-state index in [4.69, 9.17) is 0 Å². The van der Waals surface area contributed by atoms with Crippen LogP contribution >= 0.6 is 0 Å². The van der Waals surface area contributed by atoms with Crippen LogP contribution < -0.4 is 5.32 Å². The zero-order valence-corrected chi connectivity index (χ0v) is 7.04. The Kier molecular flexibility index (Phi) is 4.45. The summed E-state index contributed by atoms with van der Waals surface area (Å²) in [6.45, 7) is 9.35. The summed E-state index contributed by atoms with van der Waals surface area (Å²) in [7, 11) is 0. The number of hydrogen-bond donors (Lipinski definition) is 1. The average Bonchev–Trinajstić information content (AvgIpc) is 1.99. The molecule has 0 radical (unpaired) electrons. The van der Waals surface area contributed by atoms with Crippen LogP contribution in [0.1, 0.15) is 6.92 Å². The maximum atomic E-state index is 10.4. The number of allylic oxidation sites excluding steroid dienone is 2. The second kappa shape index (κ2) is 5.12. The van der Waals surface area contributed by atoms with Gasteiger partial charge in [-0.3, -0.25) is 10.1 Å². The first-order valence-electron chi connectivity index (χ1n) is 3.53. The minimum Gasteiger partial charge on any atom is -0.380 e. The molecule has 4 nitrogen and oxygen atoms in total. The molecule has 0 amide bonds. The normalized spacial score (nSPS) is 10.6. The van der Waals surface area contributed by atoms with Crippen molar-refractivity contribution >= 4 is 0 Å². The van der Waals surface area contributed by atoms with Crippen molar-refractivity contribution in [1.29, 1.82) is 0 Å². The van der Waals surface area contributed by atoms with Crippen LogP contribution in [0.2, 0.25) is 0 Å². The van der Waals surface area contributed by atoms with E-state index in [-0.39, 0.29) is 5.70 Å². The van der Waals surface area contributed by atoms with Gasteiger partial charge in [0.2, 0.25) is 0 Å². The molecule has 0 aromatic carbocycles. The summed E-state index contributed by atoms with van der Waals surface area (Å²) in [6, 6.07) is 0. The second-order valence-corrected chi connectivity index (χ2v) is 2.05. The number of nitrogens with one attached hydrogen (secondary N) is 1. The molecule has 0 heterocycles. The van der Waals surface area contributed by atoms with Crippen LogP contribution in [0.4, 0.5) is 0 Å². The fraction of sp³-hybridized carbons (Fsp3) is 0.250.